The SMILES string of the molecule is CCC1CCCCC1C1CCNC(C(=O)NC)C1. The van der Waals surface area contributed by atoms with Gasteiger partial charge >= 0.3 is 0 Å². The summed E-state index contributed by atoms with van der Waals surface area (Å²) in [5.41, 5.74) is 0. The Morgan fingerprint density at radius 3 is 2.78 bits per heavy atom. The smallest absolute Gasteiger partial charge is 0.236 e. The van der Waals surface area contributed by atoms with Gasteiger partial charge in [0.1, 0.15) is 0 Å². The Labute approximate surface area is 111 Å². The number of rotatable bonds is 3. The molecule has 1 amide bonds. The summed E-state index contributed by atoms with van der Waals surface area (Å²) >= 11 is 0. The molecular formula is C15H28N2O. The Bertz CT molecular complexity index is 280. The Morgan fingerprint density at radius 2 is 2.06 bits per heavy atom. The zero-order valence-corrected chi connectivity index (χ0v) is 11.9. The van der Waals surface area contributed by atoms with Gasteiger partial charge in [0.25, 0.3) is 0 Å². The molecule has 1 heterocycles. The van der Waals surface area contributed by atoms with Gasteiger partial charge < -0.3 is 10.6 Å². The molecule has 0 spiro atoms. The first-order chi connectivity index (χ1) is 8.76. The molecule has 2 aliphatic rings. The monoisotopic (exact) mass is 252 g/mol. The minimum absolute atomic E-state index is 0.0492. The van der Waals surface area contributed by atoms with Crippen molar-refractivity contribution >= 4 is 5.91 Å². The summed E-state index contributed by atoms with van der Waals surface area (Å²) < 4.78 is 0. The number of carbonyl (C=O) groups excluding carboxylic acids is 1. The van der Waals surface area contributed by atoms with E-state index in [0.717, 1.165) is 30.7 Å². The minimum atomic E-state index is 0.0492. The quantitative estimate of drug-likeness (QED) is 0.809. The average molecular weight is 252 g/mol. The fourth-order valence-electron chi connectivity index (χ4n) is 4.07. The minimum Gasteiger partial charge on any atom is -0.358 e. The van der Waals surface area contributed by atoms with Crippen LogP contribution in [0.1, 0.15) is 51.9 Å². The molecule has 0 aromatic heterocycles. The van der Waals surface area contributed by atoms with E-state index in [2.05, 4.69) is 17.6 Å². The van der Waals surface area contributed by atoms with Crippen LogP contribution in [0.2, 0.25) is 0 Å². The second-order valence-electron chi connectivity index (χ2n) is 6.02. The highest BCUT2D eigenvalue weighted by Crippen LogP contribution is 2.40. The molecule has 1 saturated carbocycles. The summed E-state index contributed by atoms with van der Waals surface area (Å²) in [4.78, 5) is 11.8. The predicted octanol–water partition coefficient (Wildman–Crippen LogP) is 2.32. The molecule has 0 radical (unpaired) electrons. The van der Waals surface area contributed by atoms with Gasteiger partial charge in [0.15, 0.2) is 0 Å². The van der Waals surface area contributed by atoms with E-state index in [9.17, 15) is 4.79 Å². The molecule has 2 N–H and O–H groups in total. The van der Waals surface area contributed by atoms with Crippen LogP contribution >= 0.6 is 0 Å². The lowest BCUT2D eigenvalue weighted by molar-refractivity contribution is -0.123. The van der Waals surface area contributed by atoms with Gasteiger partial charge in [-0.25, -0.2) is 0 Å². The average Bonchev–Trinajstić information content (AvgIpc) is 2.46. The van der Waals surface area contributed by atoms with Gasteiger partial charge in [-0.3, -0.25) is 4.79 Å². The van der Waals surface area contributed by atoms with Crippen molar-refractivity contribution in [2.45, 2.75) is 57.9 Å². The molecule has 104 valence electrons. The van der Waals surface area contributed by atoms with E-state index < -0.39 is 0 Å². The van der Waals surface area contributed by atoms with Crippen molar-refractivity contribution in [3.8, 4) is 0 Å². The maximum atomic E-state index is 11.8. The third-order valence-corrected chi connectivity index (χ3v) is 5.10. The van der Waals surface area contributed by atoms with Gasteiger partial charge in [-0.15, -0.1) is 0 Å². The Hall–Kier alpha value is -0.570. The normalized spacial score (nSPS) is 37.2. The summed E-state index contributed by atoms with van der Waals surface area (Å²) in [5, 5.41) is 6.14. The summed E-state index contributed by atoms with van der Waals surface area (Å²) in [6, 6.07) is 0.0492. The summed E-state index contributed by atoms with van der Waals surface area (Å²) in [6.45, 7) is 3.34. The van der Waals surface area contributed by atoms with Gasteiger partial charge in [0, 0.05) is 7.05 Å². The Morgan fingerprint density at radius 1 is 1.28 bits per heavy atom. The molecule has 3 heteroatoms. The standard InChI is InChI=1S/C15H28N2O/c1-3-11-6-4-5-7-13(11)12-8-9-17-14(10-12)15(18)16-2/h11-14,17H,3-10H2,1-2H3,(H,16,18). The van der Waals surface area contributed by atoms with Gasteiger partial charge in [-0.05, 0) is 43.6 Å². The van der Waals surface area contributed by atoms with E-state index in [1.807, 2.05) is 0 Å². The van der Waals surface area contributed by atoms with Crippen molar-refractivity contribution in [1.29, 1.82) is 0 Å². The van der Waals surface area contributed by atoms with E-state index in [1.165, 1.54) is 38.5 Å². The van der Waals surface area contributed by atoms with Crippen LogP contribution in [-0.2, 0) is 4.79 Å². The summed E-state index contributed by atoms with van der Waals surface area (Å²) in [5.74, 6) is 2.72. The fourth-order valence-corrected chi connectivity index (χ4v) is 4.07. The van der Waals surface area contributed by atoms with Crippen LogP contribution in [0.5, 0.6) is 0 Å². The lowest BCUT2D eigenvalue weighted by atomic mass is 9.68. The van der Waals surface area contributed by atoms with Crippen LogP contribution in [0.4, 0.5) is 0 Å². The molecule has 3 nitrogen and oxygen atoms in total. The first-order valence-electron chi connectivity index (χ1n) is 7.71. The number of piperidine rings is 1. The van der Waals surface area contributed by atoms with E-state index in [-0.39, 0.29) is 11.9 Å². The third-order valence-electron chi connectivity index (χ3n) is 5.10. The van der Waals surface area contributed by atoms with Gasteiger partial charge in [-0.1, -0.05) is 32.6 Å². The molecule has 4 unspecified atom stereocenters. The molecular weight excluding hydrogens is 224 g/mol. The third kappa shape index (κ3) is 3.05. The van der Waals surface area contributed by atoms with Crippen molar-refractivity contribution in [3.05, 3.63) is 0 Å². The Balaban J connectivity index is 1.96. The van der Waals surface area contributed by atoms with Crippen LogP contribution in [-0.4, -0.2) is 25.5 Å². The summed E-state index contributed by atoms with van der Waals surface area (Å²) in [6.07, 6.45) is 9.24. The molecule has 4 atom stereocenters. The lowest BCUT2D eigenvalue weighted by Gasteiger charge is -2.40. The maximum Gasteiger partial charge on any atom is 0.236 e. The number of carbonyl (C=O) groups is 1. The summed E-state index contributed by atoms with van der Waals surface area (Å²) in [7, 11) is 1.74. The van der Waals surface area contributed by atoms with Crippen molar-refractivity contribution < 1.29 is 4.79 Å². The predicted molar refractivity (Wildman–Crippen MR) is 74.3 cm³/mol. The molecule has 0 bridgehead atoms. The largest absolute Gasteiger partial charge is 0.358 e. The van der Waals surface area contributed by atoms with E-state index in [0.29, 0.717) is 0 Å². The molecule has 18 heavy (non-hydrogen) atoms. The molecule has 2 fully saturated rings. The maximum absolute atomic E-state index is 11.8. The van der Waals surface area contributed by atoms with E-state index in [4.69, 9.17) is 0 Å². The van der Waals surface area contributed by atoms with Crippen molar-refractivity contribution in [1.82, 2.24) is 10.6 Å². The van der Waals surface area contributed by atoms with Crippen LogP contribution in [0.25, 0.3) is 0 Å². The molecule has 2 rings (SSSR count). The molecule has 0 aromatic carbocycles. The highest BCUT2D eigenvalue weighted by atomic mass is 16.2. The van der Waals surface area contributed by atoms with Crippen molar-refractivity contribution in [2.75, 3.05) is 13.6 Å². The second-order valence-corrected chi connectivity index (χ2v) is 6.02. The van der Waals surface area contributed by atoms with Gasteiger partial charge in [-0.2, -0.15) is 0 Å². The van der Waals surface area contributed by atoms with Crippen molar-refractivity contribution in [3.63, 3.8) is 0 Å². The molecule has 1 saturated heterocycles. The molecule has 0 aromatic rings. The number of amides is 1. The fraction of sp³-hybridized carbons (Fsp3) is 0.933. The van der Waals surface area contributed by atoms with E-state index in [1.54, 1.807) is 7.05 Å². The topological polar surface area (TPSA) is 41.1 Å². The molecule has 1 aliphatic heterocycles. The first-order valence-corrected chi connectivity index (χ1v) is 7.71. The van der Waals surface area contributed by atoms with Crippen LogP contribution in [0.3, 0.4) is 0 Å². The van der Waals surface area contributed by atoms with Crippen LogP contribution in [0.15, 0.2) is 0 Å². The zero-order chi connectivity index (χ0) is 13.0. The molecule has 1 aliphatic carbocycles. The zero-order valence-electron chi connectivity index (χ0n) is 11.9. The number of likely N-dealkylation sites (N-methyl/N-ethyl adjacent to an activating group) is 1. The highest BCUT2D eigenvalue weighted by Gasteiger charge is 2.35. The van der Waals surface area contributed by atoms with Gasteiger partial charge in [0.2, 0.25) is 5.91 Å². The second kappa shape index (κ2) is 6.55. The van der Waals surface area contributed by atoms with Crippen LogP contribution < -0.4 is 10.6 Å². The lowest BCUT2D eigenvalue weighted by Crippen LogP contribution is -2.49. The highest BCUT2D eigenvalue weighted by molar-refractivity contribution is 5.81. The van der Waals surface area contributed by atoms with Gasteiger partial charge in [0.05, 0.1) is 6.04 Å². The number of hydrogen-bond acceptors (Lipinski definition) is 2. The number of nitrogens with one attached hydrogen (secondary N) is 2. The number of hydrogen-bond donors (Lipinski definition) is 2. The Kier molecular flexibility index (Phi) is 5.04. The van der Waals surface area contributed by atoms with E-state index >= 15 is 0 Å². The first kappa shape index (κ1) is 13.9. The van der Waals surface area contributed by atoms with Crippen molar-refractivity contribution in [2.24, 2.45) is 17.8 Å². The van der Waals surface area contributed by atoms with Crippen LogP contribution in [0, 0.1) is 17.8 Å².